The van der Waals surface area contributed by atoms with E-state index in [9.17, 15) is 19.2 Å². The largest absolute Gasteiger partial charge is 0.462 e. The van der Waals surface area contributed by atoms with E-state index >= 15 is 0 Å². The van der Waals surface area contributed by atoms with E-state index in [2.05, 4.69) is 0 Å². The van der Waals surface area contributed by atoms with Crippen LogP contribution < -0.4 is 0 Å². The van der Waals surface area contributed by atoms with Crippen LogP contribution in [-0.4, -0.2) is 49.3 Å². The first-order chi connectivity index (χ1) is 9.22. The second-order valence-electron chi connectivity index (χ2n) is 3.90. The first-order valence-corrected chi connectivity index (χ1v) is 5.83. The van der Waals surface area contributed by atoms with Gasteiger partial charge in [0.25, 0.3) is 0 Å². The number of ether oxygens (including phenoxy) is 4. The summed E-state index contributed by atoms with van der Waals surface area (Å²) in [4.78, 5) is 43.6. The Morgan fingerprint density at radius 1 is 0.650 bits per heavy atom. The minimum absolute atomic E-state index is 0.311. The van der Waals surface area contributed by atoms with Crippen molar-refractivity contribution < 1.29 is 38.1 Å². The summed E-state index contributed by atoms with van der Waals surface area (Å²) in [5, 5.41) is 0. The van der Waals surface area contributed by atoms with Crippen LogP contribution in [-0.2, 0) is 38.1 Å². The third kappa shape index (κ3) is 8.90. The molecule has 0 bridgehead atoms. The molecule has 0 heterocycles. The highest BCUT2D eigenvalue weighted by atomic mass is 16.6. The Bertz CT molecular complexity index is 340. The Kier molecular flexibility index (Phi) is 7.95. The van der Waals surface area contributed by atoms with Crippen LogP contribution in [0.25, 0.3) is 0 Å². The Balaban J connectivity index is 4.83. The number of hydrogen-bond acceptors (Lipinski definition) is 8. The molecule has 0 aromatic carbocycles. The van der Waals surface area contributed by atoms with Crippen LogP contribution in [0.5, 0.6) is 0 Å². The van der Waals surface area contributed by atoms with Crippen molar-refractivity contribution in [2.45, 2.75) is 39.9 Å². The predicted octanol–water partition coefficient (Wildman–Crippen LogP) is -0.0240. The summed E-state index contributed by atoms with van der Waals surface area (Å²) in [6, 6.07) is 0. The zero-order valence-corrected chi connectivity index (χ0v) is 11.8. The Labute approximate surface area is 116 Å². The summed E-state index contributed by atoms with van der Waals surface area (Å²) in [6.45, 7) is 4.03. The summed E-state index contributed by atoms with van der Waals surface area (Å²) in [5.74, 6) is -2.48. The van der Waals surface area contributed by atoms with Gasteiger partial charge in [0.2, 0.25) is 0 Å². The Morgan fingerprint density at radius 2 is 0.950 bits per heavy atom. The SMILES string of the molecule is CC(=O)OC[C@H](OC(C)=O)[C@H](COC(C)=O)OC(C)=O. The summed E-state index contributed by atoms with van der Waals surface area (Å²) >= 11 is 0. The lowest BCUT2D eigenvalue weighted by atomic mass is 10.2. The molecule has 0 N–H and O–H groups in total. The first kappa shape index (κ1) is 17.9. The number of rotatable bonds is 7. The molecule has 8 nitrogen and oxygen atoms in total. The lowest BCUT2D eigenvalue weighted by Crippen LogP contribution is -2.41. The van der Waals surface area contributed by atoms with E-state index in [0.717, 1.165) is 13.8 Å². The molecule has 20 heavy (non-hydrogen) atoms. The average molecular weight is 290 g/mol. The predicted molar refractivity (Wildman–Crippen MR) is 64.4 cm³/mol. The van der Waals surface area contributed by atoms with E-state index in [-0.39, 0.29) is 13.2 Å². The maximum absolute atomic E-state index is 11.0. The molecule has 0 saturated heterocycles. The standard InChI is InChI=1S/C12H18O8/c1-7(13)17-5-11(19-9(3)15)12(20-10(4)16)6-18-8(2)14/h11-12H,5-6H2,1-4H3/t11-,12-/m0/s1. The Morgan fingerprint density at radius 3 is 1.15 bits per heavy atom. The fraction of sp³-hybridized carbons (Fsp3) is 0.667. The molecule has 2 atom stereocenters. The Hall–Kier alpha value is -2.12. The highest BCUT2D eigenvalue weighted by Gasteiger charge is 2.29. The van der Waals surface area contributed by atoms with E-state index in [1.54, 1.807) is 0 Å². The van der Waals surface area contributed by atoms with Gasteiger partial charge in [0.1, 0.15) is 13.2 Å². The first-order valence-electron chi connectivity index (χ1n) is 5.83. The number of hydrogen-bond donors (Lipinski definition) is 0. The monoisotopic (exact) mass is 290 g/mol. The van der Waals surface area contributed by atoms with Crippen molar-refractivity contribution in [3.05, 3.63) is 0 Å². The molecule has 114 valence electrons. The van der Waals surface area contributed by atoms with Gasteiger partial charge in [-0.3, -0.25) is 19.2 Å². The molecule has 0 aliphatic heterocycles. The molecule has 0 aliphatic rings. The van der Waals surface area contributed by atoms with E-state index in [1.165, 1.54) is 13.8 Å². The molecular weight excluding hydrogens is 272 g/mol. The van der Waals surface area contributed by atoms with Gasteiger partial charge >= 0.3 is 23.9 Å². The highest BCUT2D eigenvalue weighted by Crippen LogP contribution is 2.08. The summed E-state index contributed by atoms with van der Waals surface area (Å²) < 4.78 is 19.3. The maximum Gasteiger partial charge on any atom is 0.303 e. The van der Waals surface area contributed by atoms with E-state index < -0.39 is 36.1 Å². The summed E-state index contributed by atoms with van der Waals surface area (Å²) in [6.07, 6.45) is -2.11. The second kappa shape index (κ2) is 8.89. The van der Waals surface area contributed by atoms with Crippen molar-refractivity contribution in [3.63, 3.8) is 0 Å². The fourth-order valence-electron chi connectivity index (χ4n) is 1.26. The van der Waals surface area contributed by atoms with Gasteiger partial charge in [-0.05, 0) is 0 Å². The average Bonchev–Trinajstić information content (AvgIpc) is 2.28. The lowest BCUT2D eigenvalue weighted by molar-refractivity contribution is -0.179. The van der Waals surface area contributed by atoms with Crippen LogP contribution in [0.4, 0.5) is 0 Å². The molecule has 0 unspecified atom stereocenters. The summed E-state index contributed by atoms with van der Waals surface area (Å²) in [7, 11) is 0. The van der Waals surface area contributed by atoms with Crippen molar-refractivity contribution in [1.82, 2.24) is 0 Å². The van der Waals surface area contributed by atoms with Gasteiger partial charge in [-0.2, -0.15) is 0 Å². The van der Waals surface area contributed by atoms with Gasteiger partial charge in [-0.15, -0.1) is 0 Å². The molecule has 0 rings (SSSR count). The zero-order chi connectivity index (χ0) is 15.7. The van der Waals surface area contributed by atoms with Crippen LogP contribution >= 0.6 is 0 Å². The molecule has 0 spiro atoms. The topological polar surface area (TPSA) is 105 Å². The maximum atomic E-state index is 11.0. The van der Waals surface area contributed by atoms with Crippen molar-refractivity contribution in [3.8, 4) is 0 Å². The van der Waals surface area contributed by atoms with Crippen molar-refractivity contribution in [2.24, 2.45) is 0 Å². The molecule has 0 aliphatic carbocycles. The van der Waals surface area contributed by atoms with Gasteiger partial charge in [0, 0.05) is 27.7 Å². The molecule has 0 radical (unpaired) electrons. The molecule has 0 saturated carbocycles. The lowest BCUT2D eigenvalue weighted by Gasteiger charge is -2.25. The van der Waals surface area contributed by atoms with Gasteiger partial charge in [0.15, 0.2) is 12.2 Å². The smallest absolute Gasteiger partial charge is 0.303 e. The van der Waals surface area contributed by atoms with Gasteiger partial charge < -0.3 is 18.9 Å². The number of carbonyl (C=O) groups is 4. The van der Waals surface area contributed by atoms with E-state index in [0.29, 0.717) is 0 Å². The molecule has 0 fully saturated rings. The van der Waals surface area contributed by atoms with Crippen molar-refractivity contribution in [2.75, 3.05) is 13.2 Å². The van der Waals surface area contributed by atoms with Gasteiger partial charge in [0.05, 0.1) is 0 Å². The molecule has 0 amide bonds. The van der Waals surface area contributed by atoms with Crippen molar-refractivity contribution >= 4 is 23.9 Å². The number of carbonyl (C=O) groups excluding carboxylic acids is 4. The normalized spacial score (nSPS) is 12.8. The number of esters is 4. The van der Waals surface area contributed by atoms with Crippen LogP contribution in [0, 0.1) is 0 Å². The van der Waals surface area contributed by atoms with Crippen LogP contribution in [0.2, 0.25) is 0 Å². The minimum atomic E-state index is -1.06. The van der Waals surface area contributed by atoms with Gasteiger partial charge in [-0.1, -0.05) is 0 Å². The molecule has 8 heteroatoms. The molecule has 0 aromatic rings. The second-order valence-corrected chi connectivity index (χ2v) is 3.90. The van der Waals surface area contributed by atoms with Crippen molar-refractivity contribution in [1.29, 1.82) is 0 Å². The zero-order valence-electron chi connectivity index (χ0n) is 11.8. The fourth-order valence-corrected chi connectivity index (χ4v) is 1.26. The molecule has 0 aromatic heterocycles. The van der Waals surface area contributed by atoms with E-state index in [1.807, 2.05) is 0 Å². The quantitative estimate of drug-likeness (QED) is 0.475. The summed E-state index contributed by atoms with van der Waals surface area (Å²) in [5.41, 5.74) is 0. The van der Waals surface area contributed by atoms with Crippen LogP contribution in [0.1, 0.15) is 27.7 Å². The third-order valence-electron chi connectivity index (χ3n) is 1.95. The molecular formula is C12H18O8. The van der Waals surface area contributed by atoms with Gasteiger partial charge in [-0.25, -0.2) is 0 Å². The third-order valence-corrected chi connectivity index (χ3v) is 1.95. The highest BCUT2D eigenvalue weighted by molar-refractivity contribution is 5.68. The van der Waals surface area contributed by atoms with E-state index in [4.69, 9.17) is 18.9 Å². The van der Waals surface area contributed by atoms with Crippen LogP contribution in [0.15, 0.2) is 0 Å². The minimum Gasteiger partial charge on any atom is -0.462 e. The van der Waals surface area contributed by atoms with Crippen LogP contribution in [0.3, 0.4) is 0 Å².